The summed E-state index contributed by atoms with van der Waals surface area (Å²) < 4.78 is 35.5. The molecule has 0 N–H and O–H groups in total. The van der Waals surface area contributed by atoms with E-state index in [0.29, 0.717) is 26.1 Å². The summed E-state index contributed by atoms with van der Waals surface area (Å²) in [6, 6.07) is 0. The first-order chi connectivity index (χ1) is 5.56. The molecule has 0 aliphatic heterocycles. The molecule has 0 aliphatic carbocycles. The van der Waals surface area contributed by atoms with Gasteiger partial charge in [-0.05, 0) is 19.3 Å². The summed E-state index contributed by atoms with van der Waals surface area (Å²) in [6.45, 7) is 3.25. The van der Waals surface area contributed by atoms with Gasteiger partial charge in [0.05, 0.1) is 10.1 Å². The molecule has 4 nitrogen and oxygen atoms in total. The first-order valence-electron chi connectivity index (χ1n) is 4.07. The van der Waals surface area contributed by atoms with E-state index in [0.717, 1.165) is 6.42 Å². The molecule has 0 saturated carbocycles. The Kier molecular flexibility index (Phi) is 11.8. The van der Waals surface area contributed by atoms with Crippen molar-refractivity contribution in [3.8, 4) is 0 Å². The monoisotopic (exact) mass is 218 g/mol. The molecule has 0 saturated heterocycles. The van der Waals surface area contributed by atoms with Crippen LogP contribution in [0.2, 0.25) is 0 Å². The van der Waals surface area contributed by atoms with Crippen LogP contribution in [0.15, 0.2) is 0 Å². The Labute approximate surface area is 102 Å². The van der Waals surface area contributed by atoms with Gasteiger partial charge in [0.15, 0.2) is 0 Å². The van der Waals surface area contributed by atoms with Gasteiger partial charge in [-0.1, -0.05) is 6.92 Å². The largest absolute Gasteiger partial charge is 1.00 e. The van der Waals surface area contributed by atoms with Crippen LogP contribution in [0, 0.1) is 0 Å². The van der Waals surface area contributed by atoms with Crippen LogP contribution < -0.4 is 29.6 Å². The maximum absolute atomic E-state index is 10.1. The normalized spacial score (nSPS) is 10.9. The Balaban J connectivity index is 0. The molecule has 0 bridgehead atoms. The van der Waals surface area contributed by atoms with Crippen molar-refractivity contribution in [1.82, 2.24) is 0 Å². The van der Waals surface area contributed by atoms with Gasteiger partial charge in [0.25, 0.3) is 0 Å². The van der Waals surface area contributed by atoms with Crippen LogP contribution >= 0.6 is 0 Å². The van der Waals surface area contributed by atoms with E-state index in [1.54, 1.807) is 0 Å². The maximum Gasteiger partial charge on any atom is 1.00 e. The molecule has 0 fully saturated rings. The molecule has 74 valence electrons. The van der Waals surface area contributed by atoms with Gasteiger partial charge in [-0.15, -0.1) is 0 Å². The van der Waals surface area contributed by atoms with Gasteiger partial charge in [0.2, 0.25) is 0 Å². The van der Waals surface area contributed by atoms with Crippen molar-refractivity contribution >= 4 is 10.1 Å². The minimum absolute atomic E-state index is 0. The van der Waals surface area contributed by atoms with Gasteiger partial charge in [-0.2, -0.15) is 0 Å². The second-order valence-corrected chi connectivity index (χ2v) is 4.10. The molecule has 0 rings (SSSR count). The van der Waals surface area contributed by atoms with Crippen molar-refractivity contribution in [2.45, 2.75) is 26.2 Å². The fourth-order valence-electron chi connectivity index (χ4n) is 0.729. The van der Waals surface area contributed by atoms with Crippen LogP contribution in [0.4, 0.5) is 0 Å². The van der Waals surface area contributed by atoms with Crippen molar-refractivity contribution in [3.05, 3.63) is 0 Å². The van der Waals surface area contributed by atoms with E-state index >= 15 is 0 Å². The van der Waals surface area contributed by atoms with Crippen molar-refractivity contribution in [2.24, 2.45) is 0 Å². The van der Waals surface area contributed by atoms with Gasteiger partial charge in [-0.3, -0.25) is 0 Å². The number of hydrogen-bond acceptors (Lipinski definition) is 4. The average Bonchev–Trinajstić information content (AvgIpc) is 1.94. The first kappa shape index (κ1) is 16.3. The molecular weight excluding hydrogens is 203 g/mol. The fraction of sp³-hybridized carbons (Fsp3) is 1.00. The molecule has 0 atom stereocenters. The van der Waals surface area contributed by atoms with Crippen molar-refractivity contribution < 1.29 is 47.3 Å². The van der Waals surface area contributed by atoms with E-state index in [2.05, 4.69) is 0 Å². The molecule has 0 unspecified atom stereocenters. The minimum Gasteiger partial charge on any atom is -0.748 e. The predicted molar refractivity (Wildman–Crippen MR) is 44.9 cm³/mol. The van der Waals surface area contributed by atoms with Crippen molar-refractivity contribution in [3.63, 3.8) is 0 Å². The molecule has 0 aromatic carbocycles. The Hall–Kier alpha value is 0.870. The third-order valence-corrected chi connectivity index (χ3v) is 2.07. The molecule has 0 aromatic rings. The third kappa shape index (κ3) is 15.6. The predicted octanol–water partition coefficient (Wildman–Crippen LogP) is -2.26. The number of rotatable bonds is 7. The Morgan fingerprint density at radius 1 is 1.23 bits per heavy atom. The average molecular weight is 218 g/mol. The van der Waals surface area contributed by atoms with Crippen LogP contribution in [0.1, 0.15) is 26.2 Å². The summed E-state index contributed by atoms with van der Waals surface area (Å²) in [4.78, 5) is 0. The Morgan fingerprint density at radius 3 is 2.31 bits per heavy atom. The second-order valence-electron chi connectivity index (χ2n) is 2.58. The molecule has 6 heteroatoms. The van der Waals surface area contributed by atoms with Crippen LogP contribution in [-0.2, 0) is 14.9 Å². The van der Waals surface area contributed by atoms with Crippen LogP contribution in [0.5, 0.6) is 0 Å². The van der Waals surface area contributed by atoms with E-state index in [-0.39, 0.29) is 35.3 Å². The molecular formula is C7H15NaO4S. The maximum atomic E-state index is 10.1. The molecule has 0 spiro atoms. The van der Waals surface area contributed by atoms with Crippen molar-refractivity contribution in [2.75, 3.05) is 19.0 Å². The smallest absolute Gasteiger partial charge is 0.748 e. The zero-order chi connectivity index (χ0) is 9.45. The van der Waals surface area contributed by atoms with Gasteiger partial charge < -0.3 is 9.29 Å². The van der Waals surface area contributed by atoms with E-state index in [4.69, 9.17) is 4.74 Å². The summed E-state index contributed by atoms with van der Waals surface area (Å²) >= 11 is 0. The molecule has 0 radical (unpaired) electrons. The van der Waals surface area contributed by atoms with Crippen LogP contribution in [0.25, 0.3) is 0 Å². The Bertz CT molecular complexity index is 191. The van der Waals surface area contributed by atoms with E-state index in [9.17, 15) is 13.0 Å². The number of ether oxygens (including phenoxy) is 1. The van der Waals surface area contributed by atoms with Crippen LogP contribution in [0.3, 0.4) is 0 Å². The fourth-order valence-corrected chi connectivity index (χ4v) is 1.29. The summed E-state index contributed by atoms with van der Waals surface area (Å²) in [5.41, 5.74) is 0. The van der Waals surface area contributed by atoms with Crippen molar-refractivity contribution in [1.29, 1.82) is 0 Å². The summed E-state index contributed by atoms with van der Waals surface area (Å²) in [5, 5.41) is 0. The summed E-state index contributed by atoms with van der Waals surface area (Å²) in [5.74, 6) is -0.275. The SMILES string of the molecule is CCCOCCCCS(=O)(=O)[O-].[Na+]. The zero-order valence-electron chi connectivity index (χ0n) is 8.28. The molecule has 13 heavy (non-hydrogen) atoms. The molecule has 0 aromatic heterocycles. The van der Waals surface area contributed by atoms with E-state index in [1.807, 2.05) is 6.92 Å². The zero-order valence-corrected chi connectivity index (χ0v) is 11.1. The first-order valence-corrected chi connectivity index (χ1v) is 5.65. The van der Waals surface area contributed by atoms with Gasteiger partial charge in [-0.25, -0.2) is 8.42 Å². The number of unbranched alkanes of at least 4 members (excludes halogenated alkanes) is 1. The summed E-state index contributed by atoms with van der Waals surface area (Å²) in [6.07, 6.45) is 2.00. The third-order valence-electron chi connectivity index (χ3n) is 1.28. The van der Waals surface area contributed by atoms with Crippen LogP contribution in [-0.4, -0.2) is 31.9 Å². The number of hydrogen-bond donors (Lipinski definition) is 0. The minimum atomic E-state index is -4.02. The molecule has 0 amide bonds. The summed E-state index contributed by atoms with van der Waals surface area (Å²) in [7, 11) is -4.02. The Morgan fingerprint density at radius 2 is 1.85 bits per heavy atom. The molecule has 0 heterocycles. The van der Waals surface area contributed by atoms with E-state index < -0.39 is 10.1 Å². The quantitative estimate of drug-likeness (QED) is 0.275. The van der Waals surface area contributed by atoms with Gasteiger partial charge in [0, 0.05) is 19.0 Å². The van der Waals surface area contributed by atoms with Gasteiger partial charge >= 0.3 is 29.6 Å². The topological polar surface area (TPSA) is 66.4 Å². The van der Waals surface area contributed by atoms with E-state index in [1.165, 1.54) is 0 Å². The van der Waals surface area contributed by atoms with Gasteiger partial charge in [0.1, 0.15) is 0 Å². The standard InChI is InChI=1S/C7H16O4S.Na/c1-2-5-11-6-3-4-7-12(8,9)10;/h2-7H2,1H3,(H,8,9,10);/q;+1/p-1. The second kappa shape index (κ2) is 9.43. The molecule has 0 aliphatic rings.